The average Bonchev–Trinajstić information content (AvgIpc) is 2.35. The van der Waals surface area contributed by atoms with Crippen molar-refractivity contribution < 1.29 is 9.47 Å². The molecule has 0 saturated heterocycles. The summed E-state index contributed by atoms with van der Waals surface area (Å²) < 4.78 is 10.8. The molecule has 0 amide bonds. The second kappa shape index (κ2) is 6.72. The molecule has 0 bridgehead atoms. The molecule has 1 aromatic rings. The molecule has 0 aliphatic rings. The molecule has 17 heavy (non-hydrogen) atoms. The Hall–Kier alpha value is -0.930. The number of methoxy groups -OCH3 is 1. The number of rotatable bonds is 7. The van der Waals surface area contributed by atoms with Crippen molar-refractivity contribution in [3.8, 4) is 11.5 Å². The van der Waals surface area contributed by atoms with Gasteiger partial charge < -0.3 is 14.8 Å². The minimum atomic E-state index is -0.0638. The number of hydrogen-bond donors (Lipinski definition) is 1. The molecule has 0 unspecified atom stereocenters. The van der Waals surface area contributed by atoms with Gasteiger partial charge >= 0.3 is 0 Å². The number of nitrogens with one attached hydrogen (secondary N) is 1. The molecule has 0 aliphatic carbocycles. The van der Waals surface area contributed by atoms with Crippen molar-refractivity contribution in [2.24, 2.45) is 0 Å². The highest BCUT2D eigenvalue weighted by Crippen LogP contribution is 2.25. The van der Waals surface area contributed by atoms with Crippen molar-refractivity contribution >= 4 is 11.6 Å². The molecular weight excluding hydrogens is 238 g/mol. The van der Waals surface area contributed by atoms with E-state index in [1.54, 1.807) is 7.11 Å². The zero-order valence-electron chi connectivity index (χ0n) is 10.6. The maximum absolute atomic E-state index is 5.81. The summed E-state index contributed by atoms with van der Waals surface area (Å²) in [6.45, 7) is 5.45. The summed E-state index contributed by atoms with van der Waals surface area (Å²) in [6, 6.07) is 7.62. The summed E-state index contributed by atoms with van der Waals surface area (Å²) >= 11 is 5.81. The molecule has 1 N–H and O–H groups in total. The molecular formula is C13H20ClNO2. The van der Waals surface area contributed by atoms with Crippen LogP contribution in [0, 0.1) is 0 Å². The third kappa shape index (κ3) is 4.84. The molecule has 0 spiro atoms. The van der Waals surface area contributed by atoms with E-state index in [4.69, 9.17) is 21.1 Å². The summed E-state index contributed by atoms with van der Waals surface area (Å²) in [7, 11) is 1.64. The average molecular weight is 258 g/mol. The molecule has 0 atom stereocenters. The lowest BCUT2D eigenvalue weighted by molar-refractivity contribution is 0.276. The van der Waals surface area contributed by atoms with Crippen LogP contribution in [0.3, 0.4) is 0 Å². The van der Waals surface area contributed by atoms with Gasteiger partial charge in [-0.05, 0) is 26.0 Å². The number of hydrogen-bond acceptors (Lipinski definition) is 3. The summed E-state index contributed by atoms with van der Waals surface area (Å²) in [5, 5.41) is 3.32. The van der Waals surface area contributed by atoms with Gasteiger partial charge in [-0.15, -0.1) is 11.6 Å². The molecule has 0 aliphatic heterocycles. The number of halogens is 1. The van der Waals surface area contributed by atoms with Crippen LogP contribution >= 0.6 is 11.6 Å². The van der Waals surface area contributed by atoms with Gasteiger partial charge in [-0.25, -0.2) is 0 Å². The third-order valence-corrected chi connectivity index (χ3v) is 3.03. The van der Waals surface area contributed by atoms with E-state index in [9.17, 15) is 0 Å². The van der Waals surface area contributed by atoms with Crippen LogP contribution < -0.4 is 14.8 Å². The number of ether oxygens (including phenoxy) is 2. The Bertz CT molecular complexity index is 342. The van der Waals surface area contributed by atoms with E-state index >= 15 is 0 Å². The lowest BCUT2D eigenvalue weighted by atomic mass is 10.1. The van der Waals surface area contributed by atoms with Gasteiger partial charge in [-0.1, -0.05) is 12.1 Å². The van der Waals surface area contributed by atoms with Gasteiger partial charge in [0, 0.05) is 18.0 Å². The van der Waals surface area contributed by atoms with E-state index in [0.717, 1.165) is 18.0 Å². The number of benzene rings is 1. The van der Waals surface area contributed by atoms with Crippen molar-refractivity contribution in [3.05, 3.63) is 24.3 Å². The first-order valence-corrected chi connectivity index (χ1v) is 6.19. The van der Waals surface area contributed by atoms with Crippen LogP contribution in [0.5, 0.6) is 11.5 Å². The molecule has 0 aromatic heterocycles. The summed E-state index contributed by atoms with van der Waals surface area (Å²) in [5.41, 5.74) is -0.0638. The quantitative estimate of drug-likeness (QED) is 0.602. The fourth-order valence-electron chi connectivity index (χ4n) is 1.34. The molecule has 1 rings (SSSR count). The first-order valence-electron chi connectivity index (χ1n) is 5.66. The van der Waals surface area contributed by atoms with Crippen LogP contribution in [0.15, 0.2) is 24.3 Å². The molecule has 0 heterocycles. The molecule has 4 heteroatoms. The first kappa shape index (κ1) is 14.1. The normalized spacial score (nSPS) is 11.3. The predicted octanol–water partition coefficient (Wildman–Crippen LogP) is 2.68. The van der Waals surface area contributed by atoms with Crippen molar-refractivity contribution in [3.63, 3.8) is 0 Å². The first-order chi connectivity index (χ1) is 8.09. The topological polar surface area (TPSA) is 30.5 Å². The molecule has 0 radical (unpaired) electrons. The highest BCUT2D eigenvalue weighted by atomic mass is 35.5. The van der Waals surface area contributed by atoms with Crippen molar-refractivity contribution in [1.29, 1.82) is 0 Å². The Balaban J connectivity index is 2.36. The molecule has 3 nitrogen and oxygen atoms in total. The summed E-state index contributed by atoms with van der Waals surface area (Å²) in [5.74, 6) is 2.09. The molecule has 0 saturated carbocycles. The number of alkyl halides is 1. The van der Waals surface area contributed by atoms with Crippen LogP contribution in [0.1, 0.15) is 13.8 Å². The van der Waals surface area contributed by atoms with Crippen LogP contribution in [0.25, 0.3) is 0 Å². The van der Waals surface area contributed by atoms with Gasteiger partial charge in [-0.3, -0.25) is 0 Å². The smallest absolute Gasteiger partial charge is 0.161 e. The Kier molecular flexibility index (Phi) is 5.59. The Morgan fingerprint density at radius 2 is 1.88 bits per heavy atom. The zero-order chi connectivity index (χ0) is 12.7. The number of para-hydroxylation sites is 2. The van der Waals surface area contributed by atoms with Crippen LogP contribution in [-0.2, 0) is 0 Å². The monoisotopic (exact) mass is 257 g/mol. The van der Waals surface area contributed by atoms with Crippen molar-refractivity contribution in [2.75, 3.05) is 26.1 Å². The Morgan fingerprint density at radius 1 is 1.24 bits per heavy atom. The molecule has 0 fully saturated rings. The maximum atomic E-state index is 5.81. The SMILES string of the molecule is COc1ccccc1OCCNC(C)(C)CCl. The minimum Gasteiger partial charge on any atom is -0.493 e. The highest BCUT2D eigenvalue weighted by molar-refractivity contribution is 6.18. The van der Waals surface area contributed by atoms with Crippen molar-refractivity contribution in [1.82, 2.24) is 5.32 Å². The van der Waals surface area contributed by atoms with Gasteiger partial charge in [0.05, 0.1) is 7.11 Å². The van der Waals surface area contributed by atoms with E-state index in [-0.39, 0.29) is 5.54 Å². The van der Waals surface area contributed by atoms with E-state index in [1.807, 2.05) is 24.3 Å². The fourth-order valence-corrected chi connectivity index (χ4v) is 1.43. The third-order valence-electron chi connectivity index (χ3n) is 2.37. The highest BCUT2D eigenvalue weighted by Gasteiger charge is 2.14. The van der Waals surface area contributed by atoms with Crippen LogP contribution in [0.4, 0.5) is 0 Å². The summed E-state index contributed by atoms with van der Waals surface area (Å²) in [4.78, 5) is 0. The molecule has 1 aromatic carbocycles. The van der Waals surface area contributed by atoms with Crippen molar-refractivity contribution in [2.45, 2.75) is 19.4 Å². The van der Waals surface area contributed by atoms with Gasteiger partial charge in [0.2, 0.25) is 0 Å². The van der Waals surface area contributed by atoms with Gasteiger partial charge in [-0.2, -0.15) is 0 Å². The lowest BCUT2D eigenvalue weighted by Gasteiger charge is -2.23. The summed E-state index contributed by atoms with van der Waals surface area (Å²) in [6.07, 6.45) is 0. The second-order valence-electron chi connectivity index (χ2n) is 4.44. The zero-order valence-corrected chi connectivity index (χ0v) is 11.4. The fraction of sp³-hybridized carbons (Fsp3) is 0.538. The lowest BCUT2D eigenvalue weighted by Crippen LogP contribution is -2.43. The Labute approximate surface area is 108 Å². The van der Waals surface area contributed by atoms with Crippen LogP contribution in [0.2, 0.25) is 0 Å². The largest absolute Gasteiger partial charge is 0.493 e. The Morgan fingerprint density at radius 3 is 2.47 bits per heavy atom. The van der Waals surface area contributed by atoms with Gasteiger partial charge in [0.15, 0.2) is 11.5 Å². The van der Waals surface area contributed by atoms with E-state index in [1.165, 1.54) is 0 Å². The maximum Gasteiger partial charge on any atom is 0.161 e. The van der Waals surface area contributed by atoms with Gasteiger partial charge in [0.25, 0.3) is 0 Å². The van der Waals surface area contributed by atoms with Gasteiger partial charge in [0.1, 0.15) is 6.61 Å². The standard InChI is InChI=1S/C13H20ClNO2/c1-13(2,10-14)15-8-9-17-12-7-5-4-6-11(12)16-3/h4-7,15H,8-10H2,1-3H3. The minimum absolute atomic E-state index is 0.0638. The van der Waals surface area contributed by atoms with Crippen LogP contribution in [-0.4, -0.2) is 31.7 Å². The van der Waals surface area contributed by atoms with E-state index in [0.29, 0.717) is 12.5 Å². The molecule has 96 valence electrons. The van der Waals surface area contributed by atoms with E-state index < -0.39 is 0 Å². The predicted molar refractivity (Wildman–Crippen MR) is 71.3 cm³/mol. The second-order valence-corrected chi connectivity index (χ2v) is 4.71. The van der Waals surface area contributed by atoms with E-state index in [2.05, 4.69) is 19.2 Å².